The predicted octanol–water partition coefficient (Wildman–Crippen LogP) is 7.02. The van der Waals surface area contributed by atoms with Gasteiger partial charge in [-0.3, -0.25) is 0 Å². The summed E-state index contributed by atoms with van der Waals surface area (Å²) >= 11 is 0. The Morgan fingerprint density at radius 3 is 2.10 bits per heavy atom. The molecule has 0 spiro atoms. The number of hydrogen-bond donors (Lipinski definition) is 0. The SMILES string of the molecule is C=C(C)C.COc1ccc2ccccc2c1-c1c2c(cc3ccccc13)OCCO2. The van der Waals surface area contributed by atoms with Gasteiger partial charge in [-0.1, -0.05) is 60.2 Å². The van der Waals surface area contributed by atoms with Crippen molar-refractivity contribution in [2.24, 2.45) is 0 Å². The van der Waals surface area contributed by atoms with E-state index >= 15 is 0 Å². The first-order chi connectivity index (χ1) is 14.6. The second kappa shape index (κ2) is 8.50. The molecule has 0 amide bonds. The van der Waals surface area contributed by atoms with Gasteiger partial charge in [0.25, 0.3) is 0 Å². The minimum atomic E-state index is 0.547. The predicted molar refractivity (Wildman–Crippen MR) is 125 cm³/mol. The summed E-state index contributed by atoms with van der Waals surface area (Å²) in [6.45, 7) is 8.61. The van der Waals surface area contributed by atoms with Crippen LogP contribution in [0.15, 0.2) is 78.9 Å². The summed E-state index contributed by atoms with van der Waals surface area (Å²) < 4.78 is 17.7. The van der Waals surface area contributed by atoms with Gasteiger partial charge in [0.2, 0.25) is 0 Å². The average molecular weight is 399 g/mol. The van der Waals surface area contributed by atoms with Gasteiger partial charge in [0, 0.05) is 11.1 Å². The molecule has 0 saturated heterocycles. The smallest absolute Gasteiger partial charge is 0.169 e. The summed E-state index contributed by atoms with van der Waals surface area (Å²) in [5, 5.41) is 4.56. The molecule has 3 nitrogen and oxygen atoms in total. The lowest BCUT2D eigenvalue weighted by molar-refractivity contribution is 0.173. The van der Waals surface area contributed by atoms with E-state index in [-0.39, 0.29) is 0 Å². The molecule has 4 aromatic rings. The minimum absolute atomic E-state index is 0.547. The molecule has 30 heavy (non-hydrogen) atoms. The number of fused-ring (bicyclic) bond motifs is 3. The fourth-order valence-electron chi connectivity index (χ4n) is 3.78. The highest BCUT2D eigenvalue weighted by atomic mass is 16.6. The number of ether oxygens (including phenoxy) is 3. The number of benzene rings is 4. The van der Waals surface area contributed by atoms with Crippen molar-refractivity contribution in [3.05, 3.63) is 78.9 Å². The Hall–Kier alpha value is -3.46. The van der Waals surface area contributed by atoms with Crippen LogP contribution >= 0.6 is 0 Å². The van der Waals surface area contributed by atoms with Gasteiger partial charge in [-0.05, 0) is 47.5 Å². The molecule has 0 atom stereocenters. The Morgan fingerprint density at radius 1 is 0.800 bits per heavy atom. The molecule has 1 aliphatic heterocycles. The Morgan fingerprint density at radius 2 is 1.40 bits per heavy atom. The number of hydrogen-bond acceptors (Lipinski definition) is 3. The number of rotatable bonds is 2. The largest absolute Gasteiger partial charge is 0.496 e. The normalized spacial score (nSPS) is 12.2. The van der Waals surface area contributed by atoms with Gasteiger partial charge < -0.3 is 14.2 Å². The van der Waals surface area contributed by atoms with Crippen molar-refractivity contribution in [3.63, 3.8) is 0 Å². The van der Waals surface area contributed by atoms with Crippen LogP contribution < -0.4 is 14.2 Å². The lowest BCUT2D eigenvalue weighted by Crippen LogP contribution is -2.16. The Kier molecular flexibility index (Phi) is 5.62. The maximum Gasteiger partial charge on any atom is 0.169 e. The van der Waals surface area contributed by atoms with E-state index in [2.05, 4.69) is 61.2 Å². The molecule has 0 aliphatic carbocycles. The van der Waals surface area contributed by atoms with Gasteiger partial charge in [-0.15, -0.1) is 6.58 Å². The van der Waals surface area contributed by atoms with Gasteiger partial charge in [-0.25, -0.2) is 0 Å². The van der Waals surface area contributed by atoms with Crippen LogP contribution in [0.4, 0.5) is 0 Å². The van der Waals surface area contributed by atoms with Gasteiger partial charge >= 0.3 is 0 Å². The molecular weight excluding hydrogens is 372 g/mol. The minimum Gasteiger partial charge on any atom is -0.496 e. The first kappa shape index (κ1) is 19.8. The molecule has 4 aromatic carbocycles. The number of methoxy groups -OCH3 is 1. The van der Waals surface area contributed by atoms with Crippen LogP contribution in [0, 0.1) is 0 Å². The maximum absolute atomic E-state index is 6.08. The van der Waals surface area contributed by atoms with Crippen molar-refractivity contribution in [3.8, 4) is 28.4 Å². The zero-order valence-electron chi connectivity index (χ0n) is 17.7. The molecule has 0 N–H and O–H groups in total. The van der Waals surface area contributed by atoms with Crippen LogP contribution in [0.2, 0.25) is 0 Å². The van der Waals surface area contributed by atoms with E-state index in [0.29, 0.717) is 13.2 Å². The third-order valence-corrected chi connectivity index (χ3v) is 4.92. The Balaban J connectivity index is 0.000000503. The zero-order chi connectivity index (χ0) is 21.1. The van der Waals surface area contributed by atoms with Gasteiger partial charge in [0.15, 0.2) is 11.5 Å². The standard InChI is InChI=1S/C23H18O3.C4H8/c1-24-19-11-10-15-6-2-4-8-17(15)21(19)22-18-9-5-3-7-16(18)14-20-23(22)26-13-12-25-20;1-4(2)3/h2-11,14H,12-13H2,1H3;1H2,2-3H3. The van der Waals surface area contributed by atoms with E-state index in [9.17, 15) is 0 Å². The van der Waals surface area contributed by atoms with Gasteiger partial charge in [0.1, 0.15) is 19.0 Å². The van der Waals surface area contributed by atoms with E-state index < -0.39 is 0 Å². The fourth-order valence-corrected chi connectivity index (χ4v) is 3.78. The van der Waals surface area contributed by atoms with Crippen LogP contribution in [0.5, 0.6) is 17.2 Å². The van der Waals surface area contributed by atoms with Crippen molar-refractivity contribution in [2.45, 2.75) is 13.8 Å². The first-order valence-electron chi connectivity index (χ1n) is 10.1. The summed E-state index contributed by atoms with van der Waals surface area (Å²) in [7, 11) is 1.71. The first-order valence-corrected chi connectivity index (χ1v) is 10.1. The van der Waals surface area contributed by atoms with Crippen molar-refractivity contribution in [2.75, 3.05) is 20.3 Å². The van der Waals surface area contributed by atoms with Crippen LogP contribution in [-0.2, 0) is 0 Å². The third-order valence-electron chi connectivity index (χ3n) is 4.92. The van der Waals surface area contributed by atoms with Crippen molar-refractivity contribution < 1.29 is 14.2 Å². The Bertz CT molecular complexity index is 1220. The topological polar surface area (TPSA) is 27.7 Å². The maximum atomic E-state index is 6.08. The summed E-state index contributed by atoms with van der Waals surface area (Å²) in [4.78, 5) is 0. The fraction of sp³-hybridized carbons (Fsp3) is 0.185. The monoisotopic (exact) mass is 398 g/mol. The van der Waals surface area contributed by atoms with E-state index in [1.807, 2.05) is 26.0 Å². The van der Waals surface area contributed by atoms with Crippen molar-refractivity contribution >= 4 is 21.5 Å². The quantitative estimate of drug-likeness (QED) is 0.340. The second-order valence-electron chi connectivity index (χ2n) is 7.57. The molecule has 3 heteroatoms. The molecule has 0 unspecified atom stereocenters. The summed E-state index contributed by atoms with van der Waals surface area (Å²) in [6, 6.07) is 22.9. The van der Waals surface area contributed by atoms with E-state index in [4.69, 9.17) is 14.2 Å². The van der Waals surface area contributed by atoms with Crippen LogP contribution in [0.3, 0.4) is 0 Å². The lowest BCUT2D eigenvalue weighted by atomic mass is 9.91. The van der Waals surface area contributed by atoms with Crippen LogP contribution in [0.1, 0.15) is 13.8 Å². The van der Waals surface area contributed by atoms with E-state index in [1.54, 1.807) is 7.11 Å². The highest BCUT2D eigenvalue weighted by Crippen LogP contribution is 2.50. The molecule has 5 rings (SSSR count). The Labute approximate surface area is 177 Å². The second-order valence-corrected chi connectivity index (χ2v) is 7.57. The highest BCUT2D eigenvalue weighted by Gasteiger charge is 2.24. The molecule has 0 radical (unpaired) electrons. The summed E-state index contributed by atoms with van der Waals surface area (Å²) in [5.74, 6) is 2.42. The molecule has 0 saturated carbocycles. The molecule has 1 heterocycles. The average Bonchev–Trinajstić information content (AvgIpc) is 2.76. The lowest BCUT2D eigenvalue weighted by Gasteiger charge is -2.24. The highest BCUT2D eigenvalue weighted by molar-refractivity contribution is 6.10. The van der Waals surface area contributed by atoms with Crippen molar-refractivity contribution in [1.82, 2.24) is 0 Å². The zero-order valence-corrected chi connectivity index (χ0v) is 17.7. The molecule has 1 aliphatic rings. The van der Waals surface area contributed by atoms with Crippen molar-refractivity contribution in [1.29, 1.82) is 0 Å². The summed E-state index contributed by atoms with van der Waals surface area (Å²) in [5.41, 5.74) is 3.25. The molecular formula is C27H26O3. The molecule has 0 fully saturated rings. The van der Waals surface area contributed by atoms with Gasteiger partial charge in [-0.2, -0.15) is 0 Å². The van der Waals surface area contributed by atoms with Gasteiger partial charge in [0.05, 0.1) is 7.11 Å². The molecule has 0 aromatic heterocycles. The van der Waals surface area contributed by atoms with E-state index in [0.717, 1.165) is 44.5 Å². The number of allylic oxidation sites excluding steroid dienone is 1. The van der Waals surface area contributed by atoms with E-state index in [1.165, 1.54) is 11.0 Å². The third kappa shape index (κ3) is 3.71. The molecule has 152 valence electrons. The molecule has 0 bridgehead atoms. The summed E-state index contributed by atoms with van der Waals surface area (Å²) in [6.07, 6.45) is 0. The van der Waals surface area contributed by atoms with Crippen LogP contribution in [-0.4, -0.2) is 20.3 Å². The van der Waals surface area contributed by atoms with Crippen LogP contribution in [0.25, 0.3) is 32.7 Å².